The van der Waals surface area contributed by atoms with Crippen LogP contribution in [-0.4, -0.2) is 8.32 Å². The van der Waals surface area contributed by atoms with Crippen LogP contribution in [0, 0.1) is 0 Å². The fourth-order valence-electron chi connectivity index (χ4n) is 1.03. The fourth-order valence-corrected chi connectivity index (χ4v) is 2.23. The number of para-hydroxylation sites is 1. The van der Waals surface area contributed by atoms with E-state index in [1.807, 2.05) is 12.1 Å². The molecule has 16 heavy (non-hydrogen) atoms. The first-order valence-electron chi connectivity index (χ1n) is 5.38. The zero-order valence-electron chi connectivity index (χ0n) is 10.6. The largest absolute Gasteiger partial charge is 0.542 e. The highest BCUT2D eigenvalue weighted by molar-refractivity contribution is 6.74. The van der Waals surface area contributed by atoms with Gasteiger partial charge in [-0.3, -0.25) is 0 Å². The van der Waals surface area contributed by atoms with Crippen LogP contribution in [-0.2, 0) is 0 Å². The maximum absolute atomic E-state index is 6.11. The summed E-state index contributed by atoms with van der Waals surface area (Å²) in [7, 11) is -1.84. The molecule has 0 fully saturated rings. The van der Waals surface area contributed by atoms with Crippen LogP contribution >= 0.6 is 11.6 Å². The third-order valence-corrected chi connectivity index (χ3v) is 7.86. The molecule has 2 nitrogen and oxygen atoms in total. The molecule has 90 valence electrons. The quantitative estimate of drug-likeness (QED) is 0.633. The summed E-state index contributed by atoms with van der Waals surface area (Å²) < 4.78 is 6.11. The highest BCUT2D eigenvalue weighted by Gasteiger charge is 2.39. The summed E-state index contributed by atoms with van der Waals surface area (Å²) >= 11 is 5.97. The van der Waals surface area contributed by atoms with Crippen LogP contribution in [0.5, 0.6) is 5.75 Å². The van der Waals surface area contributed by atoms with Crippen molar-refractivity contribution in [3.05, 3.63) is 23.2 Å². The van der Waals surface area contributed by atoms with Gasteiger partial charge in [0.2, 0.25) is 0 Å². The van der Waals surface area contributed by atoms with Crippen LogP contribution in [0.2, 0.25) is 23.2 Å². The standard InChI is InChI=1S/C12H20ClNOSi/c1-12(2,3)16(4,5)15-10-8-6-7-9(13)11(10)14/h6-8H,14H2,1-5H3. The number of rotatable bonds is 2. The van der Waals surface area contributed by atoms with Gasteiger partial charge in [-0.25, -0.2) is 0 Å². The number of benzene rings is 1. The Labute approximate surface area is 104 Å². The van der Waals surface area contributed by atoms with E-state index >= 15 is 0 Å². The Bertz CT molecular complexity index is 385. The molecule has 1 aromatic carbocycles. The highest BCUT2D eigenvalue weighted by Crippen LogP contribution is 2.39. The molecule has 0 radical (unpaired) electrons. The van der Waals surface area contributed by atoms with E-state index in [4.69, 9.17) is 21.8 Å². The molecule has 4 heteroatoms. The molecule has 0 saturated carbocycles. The smallest absolute Gasteiger partial charge is 0.250 e. The summed E-state index contributed by atoms with van der Waals surface area (Å²) in [5.74, 6) is 0.707. The average Bonchev–Trinajstić information content (AvgIpc) is 2.11. The lowest BCUT2D eigenvalue weighted by Crippen LogP contribution is -2.44. The molecule has 0 atom stereocenters. The van der Waals surface area contributed by atoms with Crippen molar-refractivity contribution in [2.75, 3.05) is 5.73 Å². The Kier molecular flexibility index (Phi) is 3.60. The van der Waals surface area contributed by atoms with E-state index in [0.29, 0.717) is 16.5 Å². The molecule has 0 spiro atoms. The van der Waals surface area contributed by atoms with Gasteiger partial charge < -0.3 is 10.2 Å². The van der Waals surface area contributed by atoms with Crippen molar-refractivity contribution in [3.8, 4) is 5.75 Å². The number of hydrogen-bond donors (Lipinski definition) is 1. The molecule has 0 saturated heterocycles. The van der Waals surface area contributed by atoms with E-state index in [1.165, 1.54) is 0 Å². The third-order valence-electron chi connectivity index (χ3n) is 3.18. The Morgan fingerprint density at radius 3 is 2.31 bits per heavy atom. The van der Waals surface area contributed by atoms with E-state index in [-0.39, 0.29) is 5.04 Å². The zero-order valence-corrected chi connectivity index (χ0v) is 12.4. The van der Waals surface area contributed by atoms with Crippen LogP contribution < -0.4 is 10.2 Å². The van der Waals surface area contributed by atoms with Gasteiger partial charge in [0.05, 0.1) is 10.7 Å². The number of nitrogen functional groups attached to an aromatic ring is 1. The average molecular weight is 258 g/mol. The predicted octanol–water partition coefficient (Wildman–Crippen LogP) is 4.31. The molecule has 2 N–H and O–H groups in total. The minimum Gasteiger partial charge on any atom is -0.542 e. The van der Waals surface area contributed by atoms with Crippen molar-refractivity contribution in [2.45, 2.75) is 38.9 Å². The maximum atomic E-state index is 6.11. The molecule has 0 aliphatic heterocycles. The zero-order chi connectivity index (χ0) is 12.6. The molecule has 1 aromatic rings. The minimum atomic E-state index is -1.84. The van der Waals surface area contributed by atoms with Crippen LogP contribution in [0.3, 0.4) is 0 Å². The number of nitrogens with two attached hydrogens (primary N) is 1. The predicted molar refractivity (Wildman–Crippen MR) is 73.7 cm³/mol. The second-order valence-electron chi connectivity index (χ2n) is 5.51. The van der Waals surface area contributed by atoms with Crippen LogP contribution in [0.25, 0.3) is 0 Å². The number of anilines is 1. The minimum absolute atomic E-state index is 0.155. The van der Waals surface area contributed by atoms with Crippen molar-refractivity contribution < 1.29 is 4.43 Å². The lowest BCUT2D eigenvalue weighted by atomic mass is 10.2. The maximum Gasteiger partial charge on any atom is 0.250 e. The molecule has 0 aromatic heterocycles. The normalized spacial score (nSPS) is 12.6. The topological polar surface area (TPSA) is 35.2 Å². The lowest BCUT2D eigenvalue weighted by Gasteiger charge is -2.36. The second kappa shape index (κ2) is 4.30. The van der Waals surface area contributed by atoms with Crippen molar-refractivity contribution >= 4 is 25.6 Å². The molecule has 0 amide bonds. The van der Waals surface area contributed by atoms with Gasteiger partial charge in [0.1, 0.15) is 5.75 Å². The molecule has 0 aliphatic rings. The van der Waals surface area contributed by atoms with Crippen molar-refractivity contribution in [1.29, 1.82) is 0 Å². The molecule has 0 heterocycles. The summed E-state index contributed by atoms with van der Waals surface area (Å²) in [6, 6.07) is 5.51. The SMILES string of the molecule is CC(C)(C)[Si](C)(C)Oc1cccc(Cl)c1N. The molecule has 0 unspecified atom stereocenters. The van der Waals surface area contributed by atoms with Gasteiger partial charge >= 0.3 is 0 Å². The van der Waals surface area contributed by atoms with Gasteiger partial charge in [0.25, 0.3) is 8.32 Å². The van der Waals surface area contributed by atoms with E-state index in [0.717, 1.165) is 0 Å². The number of halogens is 1. The molecular weight excluding hydrogens is 238 g/mol. The summed E-state index contributed by atoms with van der Waals surface area (Å²) in [6.45, 7) is 11.0. The molecular formula is C12H20ClNOSi. The van der Waals surface area contributed by atoms with E-state index in [1.54, 1.807) is 6.07 Å². The van der Waals surface area contributed by atoms with E-state index in [2.05, 4.69) is 33.9 Å². The Balaban J connectivity index is 3.02. The van der Waals surface area contributed by atoms with Gasteiger partial charge in [-0.1, -0.05) is 38.4 Å². The molecule has 1 rings (SSSR count). The first kappa shape index (κ1) is 13.4. The van der Waals surface area contributed by atoms with Gasteiger partial charge in [-0.05, 0) is 30.3 Å². The van der Waals surface area contributed by atoms with E-state index < -0.39 is 8.32 Å². The highest BCUT2D eigenvalue weighted by atomic mass is 35.5. The number of hydrogen-bond acceptors (Lipinski definition) is 2. The monoisotopic (exact) mass is 257 g/mol. The van der Waals surface area contributed by atoms with Crippen LogP contribution in [0.15, 0.2) is 18.2 Å². The van der Waals surface area contributed by atoms with Crippen molar-refractivity contribution in [3.63, 3.8) is 0 Å². The fraction of sp³-hybridized carbons (Fsp3) is 0.500. The second-order valence-corrected chi connectivity index (χ2v) is 10.6. The van der Waals surface area contributed by atoms with Gasteiger partial charge in [-0.15, -0.1) is 0 Å². The van der Waals surface area contributed by atoms with Crippen LogP contribution in [0.1, 0.15) is 20.8 Å². The van der Waals surface area contributed by atoms with Gasteiger partial charge in [-0.2, -0.15) is 0 Å². The summed E-state index contributed by atoms with van der Waals surface area (Å²) in [4.78, 5) is 0. The Morgan fingerprint density at radius 2 is 1.81 bits per heavy atom. The summed E-state index contributed by atoms with van der Waals surface area (Å²) in [5, 5.41) is 0.707. The van der Waals surface area contributed by atoms with Crippen molar-refractivity contribution in [1.82, 2.24) is 0 Å². The first-order valence-corrected chi connectivity index (χ1v) is 8.67. The van der Waals surface area contributed by atoms with Crippen LogP contribution in [0.4, 0.5) is 5.69 Å². The van der Waals surface area contributed by atoms with Crippen molar-refractivity contribution in [2.24, 2.45) is 0 Å². The first-order chi connectivity index (χ1) is 7.15. The van der Waals surface area contributed by atoms with Gasteiger partial charge in [0.15, 0.2) is 0 Å². The summed E-state index contributed by atoms with van der Waals surface area (Å²) in [6.07, 6.45) is 0. The third kappa shape index (κ3) is 2.71. The van der Waals surface area contributed by atoms with E-state index in [9.17, 15) is 0 Å². The Morgan fingerprint density at radius 1 is 1.25 bits per heavy atom. The summed E-state index contributed by atoms with van der Waals surface area (Å²) in [5.41, 5.74) is 6.43. The molecule has 0 bridgehead atoms. The lowest BCUT2D eigenvalue weighted by molar-refractivity contribution is 0.494. The molecule has 0 aliphatic carbocycles. The Hall–Kier alpha value is -0.673. The van der Waals surface area contributed by atoms with Gasteiger partial charge in [0, 0.05) is 0 Å².